The summed E-state index contributed by atoms with van der Waals surface area (Å²) in [4.78, 5) is 6.25. The van der Waals surface area contributed by atoms with Gasteiger partial charge in [0.15, 0.2) is 0 Å². The lowest BCUT2D eigenvalue weighted by Crippen LogP contribution is -2.10. The maximum Gasteiger partial charge on any atom is 0.137 e. The molecule has 0 atom stereocenters. The van der Waals surface area contributed by atoms with Crippen LogP contribution in [0.2, 0.25) is 0 Å². The number of nitrogens with zero attached hydrogens (tertiary/aromatic N) is 2. The monoisotopic (exact) mass is 236 g/mol. The van der Waals surface area contributed by atoms with Gasteiger partial charge in [-0.25, -0.2) is 4.98 Å². The third-order valence-corrected chi connectivity index (χ3v) is 2.27. The first kappa shape index (κ1) is 8.51. The third kappa shape index (κ3) is 1.98. The quantitative estimate of drug-likeness (QED) is 0.746. The summed E-state index contributed by atoms with van der Waals surface area (Å²) in [6.45, 7) is 0. The van der Waals surface area contributed by atoms with E-state index in [2.05, 4.69) is 33.1 Å². The van der Waals surface area contributed by atoms with Crippen LogP contribution in [0, 0.1) is 0 Å². The van der Waals surface area contributed by atoms with Crippen molar-refractivity contribution in [2.75, 3.05) is 4.90 Å². The second-order valence-electron chi connectivity index (χ2n) is 2.74. The van der Waals surface area contributed by atoms with Gasteiger partial charge in [0, 0.05) is 23.1 Å². The molecule has 0 N–H and O–H groups in total. The Morgan fingerprint density at radius 2 is 2.08 bits per heavy atom. The third-order valence-electron chi connectivity index (χ3n) is 1.78. The van der Waals surface area contributed by atoms with Gasteiger partial charge in [0.05, 0.1) is 0 Å². The Hall–Kier alpha value is -1.09. The highest BCUT2D eigenvalue weighted by Crippen LogP contribution is 2.19. The molecule has 1 aromatic heterocycles. The summed E-state index contributed by atoms with van der Waals surface area (Å²) < 4.78 is 1.05. The molecular formula is C10H9BrN2. The summed E-state index contributed by atoms with van der Waals surface area (Å²) in [5, 5.41) is 0. The number of hydrogen-bond donors (Lipinski definition) is 0. The van der Waals surface area contributed by atoms with E-state index in [9.17, 15) is 0 Å². The Morgan fingerprint density at radius 1 is 1.31 bits per heavy atom. The lowest BCUT2D eigenvalue weighted by atomic mass is 10.3. The molecule has 0 spiro atoms. The summed E-state index contributed by atoms with van der Waals surface area (Å²) >= 11 is 3.41. The zero-order chi connectivity index (χ0) is 9.10. The molecule has 0 unspecified atom stereocenters. The second kappa shape index (κ2) is 3.75. The van der Waals surface area contributed by atoms with Crippen LogP contribution in [0.1, 0.15) is 6.42 Å². The Balaban J connectivity index is 2.29. The molecule has 3 heteroatoms. The van der Waals surface area contributed by atoms with Crippen molar-refractivity contribution >= 4 is 21.7 Å². The van der Waals surface area contributed by atoms with Crippen molar-refractivity contribution < 1.29 is 0 Å². The molecule has 0 bridgehead atoms. The molecule has 0 aromatic carbocycles. The van der Waals surface area contributed by atoms with Gasteiger partial charge in [0.2, 0.25) is 0 Å². The lowest BCUT2D eigenvalue weighted by molar-refractivity contribution is 1.12. The fraction of sp³-hybridized carbons (Fsp3) is 0.100. The first-order chi connectivity index (χ1) is 6.36. The normalized spacial score (nSPS) is 15.0. The van der Waals surface area contributed by atoms with Gasteiger partial charge >= 0.3 is 0 Å². The zero-order valence-electron chi connectivity index (χ0n) is 7.02. The minimum atomic E-state index is 0.932. The van der Waals surface area contributed by atoms with Crippen LogP contribution >= 0.6 is 15.9 Å². The van der Waals surface area contributed by atoms with E-state index in [0.29, 0.717) is 0 Å². The van der Waals surface area contributed by atoms with Crippen molar-refractivity contribution in [1.82, 2.24) is 4.98 Å². The molecule has 2 heterocycles. The van der Waals surface area contributed by atoms with E-state index in [1.807, 2.05) is 29.4 Å². The van der Waals surface area contributed by atoms with Gasteiger partial charge in [-0.05, 0) is 18.6 Å². The predicted octanol–water partition coefficient (Wildman–Crippen LogP) is 3.08. The summed E-state index contributed by atoms with van der Waals surface area (Å²) in [6, 6.07) is 3.90. The molecule has 2 nitrogen and oxygen atoms in total. The van der Waals surface area contributed by atoms with Crippen molar-refractivity contribution in [1.29, 1.82) is 0 Å². The van der Waals surface area contributed by atoms with Crippen LogP contribution in [0.3, 0.4) is 0 Å². The van der Waals surface area contributed by atoms with E-state index in [4.69, 9.17) is 0 Å². The summed E-state index contributed by atoms with van der Waals surface area (Å²) in [7, 11) is 0. The Morgan fingerprint density at radius 3 is 2.77 bits per heavy atom. The van der Waals surface area contributed by atoms with Crippen LogP contribution in [0.15, 0.2) is 47.4 Å². The van der Waals surface area contributed by atoms with Gasteiger partial charge in [0.25, 0.3) is 0 Å². The minimum Gasteiger partial charge on any atom is -0.309 e. The van der Waals surface area contributed by atoms with Crippen molar-refractivity contribution in [2.24, 2.45) is 0 Å². The summed E-state index contributed by atoms with van der Waals surface area (Å²) in [5.74, 6) is 0.932. The number of aromatic nitrogens is 1. The van der Waals surface area contributed by atoms with E-state index >= 15 is 0 Å². The minimum absolute atomic E-state index is 0.932. The number of rotatable bonds is 1. The van der Waals surface area contributed by atoms with Crippen LogP contribution in [0.5, 0.6) is 0 Å². The fourth-order valence-electron chi connectivity index (χ4n) is 1.16. The molecule has 0 aliphatic carbocycles. The van der Waals surface area contributed by atoms with Crippen LogP contribution in [0.4, 0.5) is 5.82 Å². The standard InChI is InChI=1S/C10H9BrN2/c11-9-4-5-12-10(8-9)13-6-2-1-3-7-13/h2-8H,1H2. The molecular weight excluding hydrogens is 228 g/mol. The topological polar surface area (TPSA) is 16.1 Å². The number of allylic oxidation sites excluding steroid dienone is 2. The predicted molar refractivity (Wildman–Crippen MR) is 57.3 cm³/mol. The molecule has 1 aliphatic heterocycles. The summed E-state index contributed by atoms with van der Waals surface area (Å²) in [6.07, 6.45) is 11.0. The van der Waals surface area contributed by atoms with Crippen molar-refractivity contribution in [3.8, 4) is 0 Å². The fourth-order valence-corrected chi connectivity index (χ4v) is 1.49. The first-order valence-corrected chi connectivity index (χ1v) is 4.89. The first-order valence-electron chi connectivity index (χ1n) is 4.09. The van der Waals surface area contributed by atoms with Crippen LogP contribution in [0.25, 0.3) is 0 Å². The van der Waals surface area contributed by atoms with Crippen molar-refractivity contribution in [2.45, 2.75) is 6.42 Å². The zero-order valence-corrected chi connectivity index (χ0v) is 8.61. The highest BCUT2D eigenvalue weighted by Gasteiger charge is 2.02. The molecule has 0 radical (unpaired) electrons. The Kier molecular flexibility index (Phi) is 2.45. The van der Waals surface area contributed by atoms with Gasteiger partial charge in [-0.15, -0.1) is 0 Å². The average Bonchev–Trinajstić information content (AvgIpc) is 2.19. The SMILES string of the molecule is Brc1ccnc(N2C=CCC=C2)c1. The van der Waals surface area contributed by atoms with Gasteiger partial charge < -0.3 is 4.90 Å². The lowest BCUT2D eigenvalue weighted by Gasteiger charge is -2.16. The van der Waals surface area contributed by atoms with E-state index in [-0.39, 0.29) is 0 Å². The number of pyridine rings is 1. The van der Waals surface area contributed by atoms with Crippen LogP contribution in [-0.4, -0.2) is 4.98 Å². The van der Waals surface area contributed by atoms with Gasteiger partial charge in [-0.1, -0.05) is 28.1 Å². The molecule has 13 heavy (non-hydrogen) atoms. The summed E-state index contributed by atoms with van der Waals surface area (Å²) in [5.41, 5.74) is 0. The molecule has 2 rings (SSSR count). The molecule has 66 valence electrons. The maximum atomic E-state index is 4.26. The second-order valence-corrected chi connectivity index (χ2v) is 3.66. The van der Waals surface area contributed by atoms with E-state index < -0.39 is 0 Å². The molecule has 0 amide bonds. The van der Waals surface area contributed by atoms with Crippen molar-refractivity contribution in [3.05, 3.63) is 47.4 Å². The number of halogens is 1. The van der Waals surface area contributed by atoms with Gasteiger partial charge in [-0.3, -0.25) is 0 Å². The van der Waals surface area contributed by atoms with E-state index in [0.717, 1.165) is 16.7 Å². The average molecular weight is 237 g/mol. The Labute approximate surface area is 85.7 Å². The van der Waals surface area contributed by atoms with E-state index in [1.165, 1.54) is 0 Å². The smallest absolute Gasteiger partial charge is 0.137 e. The van der Waals surface area contributed by atoms with Crippen molar-refractivity contribution in [3.63, 3.8) is 0 Å². The molecule has 0 fully saturated rings. The number of anilines is 1. The van der Waals surface area contributed by atoms with Gasteiger partial charge in [0.1, 0.15) is 5.82 Å². The highest BCUT2D eigenvalue weighted by atomic mass is 79.9. The van der Waals surface area contributed by atoms with E-state index in [1.54, 1.807) is 6.20 Å². The highest BCUT2D eigenvalue weighted by molar-refractivity contribution is 9.10. The largest absolute Gasteiger partial charge is 0.309 e. The molecule has 1 aliphatic rings. The molecule has 0 saturated carbocycles. The molecule has 1 aromatic rings. The maximum absolute atomic E-state index is 4.26. The molecule has 0 saturated heterocycles. The van der Waals surface area contributed by atoms with Crippen LogP contribution < -0.4 is 4.90 Å². The number of hydrogen-bond acceptors (Lipinski definition) is 2. The van der Waals surface area contributed by atoms with Gasteiger partial charge in [-0.2, -0.15) is 0 Å². The van der Waals surface area contributed by atoms with Crippen LogP contribution in [-0.2, 0) is 0 Å². The Bertz CT molecular complexity index is 346.